The molecular weight excluding hydrogens is 462 g/mol. The van der Waals surface area contributed by atoms with E-state index in [9.17, 15) is 4.79 Å². The van der Waals surface area contributed by atoms with Gasteiger partial charge in [-0.05, 0) is 49.9 Å². The van der Waals surface area contributed by atoms with Gasteiger partial charge in [-0.1, -0.05) is 62.8 Å². The summed E-state index contributed by atoms with van der Waals surface area (Å²) in [4.78, 5) is 23.4. The van der Waals surface area contributed by atoms with Crippen LogP contribution in [0, 0.1) is 37.2 Å². The molecule has 4 rings (SSSR count). The summed E-state index contributed by atoms with van der Waals surface area (Å²) in [6.45, 7) is 25.1. The highest BCUT2D eigenvalue weighted by atomic mass is 16.6. The lowest BCUT2D eigenvalue weighted by Gasteiger charge is -2.38. The van der Waals surface area contributed by atoms with Gasteiger partial charge < -0.3 is 9.64 Å². The van der Waals surface area contributed by atoms with Gasteiger partial charge in [0, 0.05) is 24.2 Å². The molecule has 37 heavy (non-hydrogen) atoms. The molecule has 1 aromatic carbocycles. The number of aryl methyl sites for hydroxylation is 1. The molecule has 2 aromatic heterocycles. The second-order valence-electron chi connectivity index (χ2n) is 10.6. The summed E-state index contributed by atoms with van der Waals surface area (Å²) in [6, 6.07) is 8.10. The van der Waals surface area contributed by atoms with Gasteiger partial charge in [-0.15, -0.1) is 13.2 Å². The maximum atomic E-state index is 13.1. The summed E-state index contributed by atoms with van der Waals surface area (Å²) in [5, 5.41) is 3.30. The van der Waals surface area contributed by atoms with Crippen LogP contribution in [0.3, 0.4) is 0 Å². The number of ether oxygens (including phenoxy) is 1. The van der Waals surface area contributed by atoms with Crippen LogP contribution in [0.15, 0.2) is 49.6 Å². The molecule has 1 saturated carbocycles. The van der Waals surface area contributed by atoms with Crippen LogP contribution < -0.4 is 4.74 Å². The van der Waals surface area contributed by atoms with Gasteiger partial charge in [-0.3, -0.25) is 5.10 Å². The Morgan fingerprint density at radius 1 is 1.19 bits per heavy atom. The Hall–Kier alpha value is -3.79. The van der Waals surface area contributed by atoms with Gasteiger partial charge in [-0.2, -0.15) is 0 Å². The van der Waals surface area contributed by atoms with Crippen molar-refractivity contribution in [2.45, 2.75) is 47.0 Å². The molecule has 2 unspecified atom stereocenters. The van der Waals surface area contributed by atoms with Crippen molar-refractivity contribution in [3.63, 3.8) is 0 Å². The van der Waals surface area contributed by atoms with Crippen LogP contribution in [-0.2, 0) is 6.42 Å². The van der Waals surface area contributed by atoms with E-state index in [4.69, 9.17) is 16.3 Å². The summed E-state index contributed by atoms with van der Waals surface area (Å²) in [6.07, 6.45) is 5.78. The molecular formula is C30H37N5O2. The number of H-pyrrole nitrogens is 1. The first-order chi connectivity index (χ1) is 17.8. The van der Waals surface area contributed by atoms with Crippen molar-refractivity contribution in [3.05, 3.63) is 72.1 Å². The average molecular weight is 500 g/mol. The highest BCUT2D eigenvalue weighted by molar-refractivity contribution is 5.80. The van der Waals surface area contributed by atoms with Crippen LogP contribution in [0.1, 0.15) is 44.7 Å². The molecule has 7 nitrogen and oxygen atoms in total. The summed E-state index contributed by atoms with van der Waals surface area (Å²) in [5.74, 6) is 3.03. The van der Waals surface area contributed by atoms with Gasteiger partial charge in [0.1, 0.15) is 5.65 Å². The fraction of sp³-hybridized carbons (Fsp3) is 0.433. The SMILES string of the molecule is [C-]#[N+]c1c(CC2C(C)CC(C)CC2C)c2nc(-c3ccc(C)cc3)[nH]n2c1OC(=O)N(CC=C)CC=C. The van der Waals surface area contributed by atoms with Crippen molar-refractivity contribution in [3.8, 4) is 17.3 Å². The fourth-order valence-electron chi connectivity index (χ4n) is 5.86. The molecule has 1 aliphatic rings. The van der Waals surface area contributed by atoms with E-state index in [-0.39, 0.29) is 5.88 Å². The van der Waals surface area contributed by atoms with E-state index in [0.717, 1.165) is 23.1 Å². The number of rotatable bonds is 8. The predicted octanol–water partition coefficient (Wildman–Crippen LogP) is 7.22. The lowest BCUT2D eigenvalue weighted by atomic mass is 9.67. The molecule has 1 amide bonds. The first-order valence-electron chi connectivity index (χ1n) is 13.0. The number of amides is 1. The number of aromatic amines is 1. The number of carbonyl (C=O) groups is 1. The van der Waals surface area contributed by atoms with Crippen molar-refractivity contribution in [2.75, 3.05) is 13.1 Å². The zero-order chi connectivity index (χ0) is 26.7. The van der Waals surface area contributed by atoms with E-state index >= 15 is 0 Å². The molecule has 0 saturated heterocycles. The standard InChI is InChI=1S/C30H37N5O2/c1-8-14-34(15-9-2)30(36)37-29-26(31-7)25(18-24-21(5)16-20(4)17-22(24)6)28-32-27(33-35(28)29)23-12-10-19(3)11-13-23/h8-13,20-22,24H,1-2,14-18H2,3-6H3,(H,32,33). The highest BCUT2D eigenvalue weighted by Gasteiger charge is 2.35. The molecule has 0 radical (unpaired) electrons. The van der Waals surface area contributed by atoms with E-state index in [1.54, 1.807) is 16.7 Å². The monoisotopic (exact) mass is 499 g/mol. The minimum absolute atomic E-state index is 0.179. The Balaban J connectivity index is 1.81. The van der Waals surface area contributed by atoms with E-state index in [1.165, 1.54) is 17.7 Å². The Kier molecular flexibility index (Phi) is 7.87. The van der Waals surface area contributed by atoms with E-state index in [0.29, 0.717) is 53.9 Å². The minimum Gasteiger partial charge on any atom is -0.402 e. The molecule has 2 atom stereocenters. The normalized spacial score (nSPS) is 21.4. The van der Waals surface area contributed by atoms with Crippen molar-refractivity contribution >= 4 is 17.4 Å². The zero-order valence-corrected chi connectivity index (χ0v) is 22.3. The van der Waals surface area contributed by atoms with E-state index in [1.807, 2.05) is 31.2 Å². The first kappa shape index (κ1) is 26.3. The summed E-state index contributed by atoms with van der Waals surface area (Å²) in [5.41, 5.74) is 3.91. The number of aromatic nitrogens is 3. The number of nitrogens with one attached hydrogen (secondary N) is 1. The van der Waals surface area contributed by atoms with Crippen LogP contribution >= 0.6 is 0 Å². The van der Waals surface area contributed by atoms with Gasteiger partial charge in [-0.25, -0.2) is 19.1 Å². The van der Waals surface area contributed by atoms with Crippen LogP contribution in [0.25, 0.3) is 21.9 Å². The molecule has 0 aliphatic heterocycles. The van der Waals surface area contributed by atoms with Crippen molar-refractivity contribution < 1.29 is 9.53 Å². The quantitative estimate of drug-likeness (QED) is 0.263. The lowest BCUT2D eigenvalue weighted by molar-refractivity contribution is 0.136. The lowest BCUT2D eigenvalue weighted by Crippen LogP contribution is -2.34. The van der Waals surface area contributed by atoms with Crippen molar-refractivity contribution in [1.29, 1.82) is 0 Å². The van der Waals surface area contributed by atoms with Gasteiger partial charge in [0.05, 0.1) is 6.57 Å². The van der Waals surface area contributed by atoms with Crippen LogP contribution in [-0.4, -0.2) is 38.7 Å². The van der Waals surface area contributed by atoms with Gasteiger partial charge >= 0.3 is 6.09 Å². The maximum absolute atomic E-state index is 13.1. The number of hydrogen-bond acceptors (Lipinski definition) is 3. The molecule has 7 heteroatoms. The molecule has 194 valence electrons. The second kappa shape index (κ2) is 11.1. The third kappa shape index (κ3) is 5.34. The van der Waals surface area contributed by atoms with Crippen LogP contribution in [0.2, 0.25) is 0 Å². The summed E-state index contributed by atoms with van der Waals surface area (Å²) < 4.78 is 7.56. The Morgan fingerprint density at radius 3 is 2.38 bits per heavy atom. The third-order valence-electron chi connectivity index (χ3n) is 7.64. The molecule has 0 bridgehead atoms. The number of hydrogen-bond donors (Lipinski definition) is 1. The largest absolute Gasteiger partial charge is 0.416 e. The topological polar surface area (TPSA) is 67.0 Å². The first-order valence-corrected chi connectivity index (χ1v) is 13.0. The number of carbonyl (C=O) groups excluding carboxylic acids is 1. The van der Waals surface area contributed by atoms with Crippen LogP contribution in [0.5, 0.6) is 5.88 Å². The third-order valence-corrected chi connectivity index (χ3v) is 7.64. The van der Waals surface area contributed by atoms with Crippen LogP contribution in [0.4, 0.5) is 10.5 Å². The highest BCUT2D eigenvalue weighted by Crippen LogP contribution is 2.45. The maximum Gasteiger partial charge on any atom is 0.416 e. The fourth-order valence-corrected chi connectivity index (χ4v) is 5.86. The average Bonchev–Trinajstić information content (AvgIpc) is 3.39. The number of benzene rings is 1. The molecule has 3 aromatic rings. The Labute approximate surface area is 219 Å². The van der Waals surface area contributed by atoms with Crippen molar-refractivity contribution in [1.82, 2.24) is 19.5 Å². The molecule has 1 fully saturated rings. The van der Waals surface area contributed by atoms with Gasteiger partial charge in [0.15, 0.2) is 5.82 Å². The number of nitrogens with zero attached hydrogens (tertiary/aromatic N) is 4. The summed E-state index contributed by atoms with van der Waals surface area (Å²) in [7, 11) is 0. The smallest absolute Gasteiger partial charge is 0.402 e. The van der Waals surface area contributed by atoms with Gasteiger partial charge in [0.25, 0.3) is 5.69 Å². The predicted molar refractivity (Wildman–Crippen MR) is 148 cm³/mol. The van der Waals surface area contributed by atoms with Crippen molar-refractivity contribution in [2.24, 2.45) is 23.7 Å². The molecule has 0 spiro atoms. The molecule has 2 heterocycles. The number of fused-ring (bicyclic) bond motifs is 1. The van der Waals surface area contributed by atoms with E-state index in [2.05, 4.69) is 43.9 Å². The molecule has 1 aliphatic carbocycles. The Bertz CT molecular complexity index is 1300. The second-order valence-corrected chi connectivity index (χ2v) is 10.6. The Morgan fingerprint density at radius 2 is 1.81 bits per heavy atom. The van der Waals surface area contributed by atoms with Gasteiger partial charge in [0.2, 0.25) is 5.88 Å². The van der Waals surface area contributed by atoms with E-state index < -0.39 is 6.09 Å². The minimum atomic E-state index is -0.560. The zero-order valence-electron chi connectivity index (χ0n) is 22.3. The molecule has 1 N–H and O–H groups in total. The summed E-state index contributed by atoms with van der Waals surface area (Å²) >= 11 is 0.